The Morgan fingerprint density at radius 1 is 1.15 bits per heavy atom. The van der Waals surface area contributed by atoms with E-state index in [0.29, 0.717) is 35.4 Å². The highest BCUT2D eigenvalue weighted by atomic mass is 35.5. The molecule has 1 atom stereocenters. The molecule has 27 heavy (non-hydrogen) atoms. The van der Waals surface area contributed by atoms with Crippen molar-refractivity contribution < 1.29 is 13.7 Å². The third-order valence-corrected chi connectivity index (χ3v) is 4.95. The van der Waals surface area contributed by atoms with Gasteiger partial charge in [0.15, 0.2) is 0 Å². The van der Waals surface area contributed by atoms with Crippen molar-refractivity contribution in [3.05, 3.63) is 70.8 Å². The molecule has 0 radical (unpaired) electrons. The molecule has 1 amide bonds. The number of aromatic nitrogens is 2. The minimum atomic E-state index is -0.358. The van der Waals surface area contributed by atoms with Gasteiger partial charge in [0.25, 0.3) is 5.91 Å². The average Bonchev–Trinajstić information content (AvgIpc) is 3.19. The second-order valence-corrected chi connectivity index (χ2v) is 7.00. The molecule has 1 aromatic heterocycles. The fourth-order valence-electron chi connectivity index (χ4n) is 3.26. The Morgan fingerprint density at radius 2 is 1.89 bits per heavy atom. The topological polar surface area (TPSA) is 59.2 Å². The zero-order valence-electron chi connectivity index (χ0n) is 14.4. The Labute approximate surface area is 160 Å². The molecule has 1 unspecified atom stereocenters. The summed E-state index contributed by atoms with van der Waals surface area (Å²) in [6.45, 7) is 1.16. The number of likely N-dealkylation sites (tertiary alicyclic amines) is 1. The van der Waals surface area contributed by atoms with Gasteiger partial charge in [0, 0.05) is 29.2 Å². The van der Waals surface area contributed by atoms with Gasteiger partial charge in [-0.05, 0) is 61.4 Å². The number of halogens is 2. The Balaban J connectivity index is 1.49. The lowest BCUT2D eigenvalue weighted by Gasteiger charge is -2.31. The molecule has 7 heteroatoms. The Hall–Kier alpha value is -2.73. The fourth-order valence-corrected chi connectivity index (χ4v) is 3.38. The van der Waals surface area contributed by atoms with Crippen molar-refractivity contribution in [1.82, 2.24) is 15.0 Å². The van der Waals surface area contributed by atoms with E-state index < -0.39 is 0 Å². The lowest BCUT2D eigenvalue weighted by molar-refractivity contribution is 0.0695. The third kappa shape index (κ3) is 3.85. The molecule has 0 aliphatic carbocycles. The molecule has 0 saturated carbocycles. The van der Waals surface area contributed by atoms with Crippen molar-refractivity contribution in [2.75, 3.05) is 13.1 Å². The van der Waals surface area contributed by atoms with Gasteiger partial charge in [0.1, 0.15) is 5.82 Å². The second-order valence-electron chi connectivity index (χ2n) is 6.56. The number of nitrogens with zero attached hydrogens (tertiary/aromatic N) is 3. The van der Waals surface area contributed by atoms with Crippen molar-refractivity contribution in [3.8, 4) is 11.4 Å². The number of rotatable bonds is 3. The van der Waals surface area contributed by atoms with E-state index in [2.05, 4.69) is 10.1 Å². The van der Waals surface area contributed by atoms with E-state index in [-0.39, 0.29) is 17.6 Å². The summed E-state index contributed by atoms with van der Waals surface area (Å²) < 4.78 is 18.5. The minimum absolute atomic E-state index is 0.0169. The molecular weight excluding hydrogens is 369 g/mol. The summed E-state index contributed by atoms with van der Waals surface area (Å²) in [6.07, 6.45) is 1.71. The summed E-state index contributed by atoms with van der Waals surface area (Å²) in [7, 11) is 0. The molecule has 1 fully saturated rings. The monoisotopic (exact) mass is 385 g/mol. The van der Waals surface area contributed by atoms with Gasteiger partial charge in [-0.1, -0.05) is 16.8 Å². The highest BCUT2D eigenvalue weighted by molar-refractivity contribution is 6.30. The van der Waals surface area contributed by atoms with Crippen LogP contribution in [0.3, 0.4) is 0 Å². The lowest BCUT2D eigenvalue weighted by atomic mass is 9.97. The molecule has 2 heterocycles. The molecule has 5 nitrogen and oxygen atoms in total. The number of hydrogen-bond acceptors (Lipinski definition) is 4. The average molecular weight is 386 g/mol. The summed E-state index contributed by atoms with van der Waals surface area (Å²) in [6, 6.07) is 12.8. The summed E-state index contributed by atoms with van der Waals surface area (Å²) in [5.74, 6) is 0.540. The van der Waals surface area contributed by atoms with E-state index in [4.69, 9.17) is 16.1 Å². The molecule has 138 valence electrons. The predicted molar refractivity (Wildman–Crippen MR) is 99.0 cm³/mol. The number of piperidine rings is 1. The van der Waals surface area contributed by atoms with Crippen LogP contribution in [0.15, 0.2) is 53.1 Å². The summed E-state index contributed by atoms with van der Waals surface area (Å²) in [4.78, 5) is 18.9. The Kier molecular flexibility index (Phi) is 4.90. The smallest absolute Gasteiger partial charge is 0.253 e. The molecule has 0 spiro atoms. The maximum absolute atomic E-state index is 13.1. The Morgan fingerprint density at radius 3 is 2.63 bits per heavy atom. The maximum Gasteiger partial charge on any atom is 0.253 e. The maximum atomic E-state index is 13.1. The standard InChI is InChI=1S/C20H17ClFN3O2/c21-16-7-3-13(4-8-16)18-23-19(27-24-18)15-2-1-11-25(12-15)20(26)14-5-9-17(22)10-6-14/h3-10,15H,1-2,11-12H2. The largest absolute Gasteiger partial charge is 0.339 e. The van der Waals surface area contributed by atoms with Gasteiger partial charge >= 0.3 is 0 Å². The molecule has 3 aromatic rings. The first-order valence-electron chi connectivity index (χ1n) is 8.74. The van der Waals surface area contributed by atoms with Gasteiger partial charge in [0.05, 0.1) is 5.92 Å². The van der Waals surface area contributed by atoms with Gasteiger partial charge in [-0.2, -0.15) is 4.98 Å². The molecule has 1 aliphatic heterocycles. The zero-order chi connectivity index (χ0) is 18.8. The van der Waals surface area contributed by atoms with Crippen molar-refractivity contribution >= 4 is 17.5 Å². The first-order valence-corrected chi connectivity index (χ1v) is 9.12. The summed E-state index contributed by atoms with van der Waals surface area (Å²) in [5, 5.41) is 4.70. The normalized spacial score (nSPS) is 17.1. The van der Waals surface area contributed by atoms with Crippen LogP contribution in [0, 0.1) is 5.82 Å². The first-order chi connectivity index (χ1) is 13.1. The van der Waals surface area contributed by atoms with Crippen LogP contribution in [0.5, 0.6) is 0 Å². The SMILES string of the molecule is O=C(c1ccc(F)cc1)N1CCCC(c2nc(-c3ccc(Cl)cc3)no2)C1. The van der Waals surface area contributed by atoms with Gasteiger partial charge in [-0.15, -0.1) is 0 Å². The van der Waals surface area contributed by atoms with Crippen molar-refractivity contribution in [3.63, 3.8) is 0 Å². The highest BCUT2D eigenvalue weighted by Gasteiger charge is 2.29. The van der Waals surface area contributed by atoms with Crippen LogP contribution in [0.25, 0.3) is 11.4 Å². The van der Waals surface area contributed by atoms with Gasteiger partial charge < -0.3 is 9.42 Å². The quantitative estimate of drug-likeness (QED) is 0.663. The number of carbonyl (C=O) groups is 1. The fraction of sp³-hybridized carbons (Fsp3) is 0.250. The van der Waals surface area contributed by atoms with E-state index in [1.807, 2.05) is 12.1 Å². The number of amides is 1. The van der Waals surface area contributed by atoms with Crippen LogP contribution in [-0.2, 0) is 0 Å². The van der Waals surface area contributed by atoms with Crippen LogP contribution in [-0.4, -0.2) is 34.0 Å². The zero-order valence-corrected chi connectivity index (χ0v) is 15.2. The minimum Gasteiger partial charge on any atom is -0.339 e. The van der Waals surface area contributed by atoms with E-state index in [1.54, 1.807) is 17.0 Å². The number of benzene rings is 2. The van der Waals surface area contributed by atoms with Crippen molar-refractivity contribution in [2.24, 2.45) is 0 Å². The Bertz CT molecular complexity index is 941. The van der Waals surface area contributed by atoms with Crippen LogP contribution < -0.4 is 0 Å². The van der Waals surface area contributed by atoms with Gasteiger partial charge in [-0.25, -0.2) is 4.39 Å². The molecule has 0 bridgehead atoms. The molecular formula is C20H17ClFN3O2. The number of carbonyl (C=O) groups excluding carboxylic acids is 1. The van der Waals surface area contributed by atoms with Crippen LogP contribution in [0.4, 0.5) is 4.39 Å². The van der Waals surface area contributed by atoms with E-state index in [0.717, 1.165) is 18.4 Å². The first kappa shape index (κ1) is 17.7. The van der Waals surface area contributed by atoms with E-state index in [9.17, 15) is 9.18 Å². The summed E-state index contributed by atoms with van der Waals surface area (Å²) >= 11 is 5.91. The van der Waals surface area contributed by atoms with Crippen molar-refractivity contribution in [1.29, 1.82) is 0 Å². The molecule has 0 N–H and O–H groups in total. The third-order valence-electron chi connectivity index (χ3n) is 4.69. The van der Waals surface area contributed by atoms with Crippen LogP contribution in [0.1, 0.15) is 35.0 Å². The molecule has 1 aliphatic rings. The van der Waals surface area contributed by atoms with E-state index in [1.165, 1.54) is 24.3 Å². The van der Waals surface area contributed by atoms with Gasteiger partial charge in [0.2, 0.25) is 11.7 Å². The van der Waals surface area contributed by atoms with Gasteiger partial charge in [-0.3, -0.25) is 4.79 Å². The van der Waals surface area contributed by atoms with Crippen LogP contribution in [0.2, 0.25) is 5.02 Å². The highest BCUT2D eigenvalue weighted by Crippen LogP contribution is 2.28. The lowest BCUT2D eigenvalue weighted by Crippen LogP contribution is -2.39. The number of hydrogen-bond donors (Lipinski definition) is 0. The molecule has 2 aromatic carbocycles. The second kappa shape index (κ2) is 7.48. The van der Waals surface area contributed by atoms with E-state index >= 15 is 0 Å². The summed E-state index contributed by atoms with van der Waals surface area (Å²) in [5.41, 5.74) is 1.30. The molecule has 1 saturated heterocycles. The predicted octanol–water partition coefficient (Wildman–Crippen LogP) is 4.55. The van der Waals surface area contributed by atoms with Crippen molar-refractivity contribution in [2.45, 2.75) is 18.8 Å². The molecule has 4 rings (SSSR count). The van der Waals surface area contributed by atoms with Crippen LogP contribution >= 0.6 is 11.6 Å².